The molecule has 0 spiro atoms. The third-order valence-corrected chi connectivity index (χ3v) is 3.37. The van der Waals surface area contributed by atoms with Crippen LogP contribution in [0.5, 0.6) is 0 Å². The van der Waals surface area contributed by atoms with Gasteiger partial charge in [-0.3, -0.25) is 4.79 Å². The van der Waals surface area contributed by atoms with Crippen LogP contribution in [0.4, 0.5) is 5.69 Å². The lowest BCUT2D eigenvalue weighted by molar-refractivity contribution is -0.122. The van der Waals surface area contributed by atoms with Gasteiger partial charge in [0.15, 0.2) is 0 Å². The molecule has 0 bridgehead atoms. The van der Waals surface area contributed by atoms with Crippen LogP contribution in [-0.4, -0.2) is 18.5 Å². The first-order chi connectivity index (χ1) is 7.68. The van der Waals surface area contributed by atoms with Gasteiger partial charge in [0.2, 0.25) is 5.91 Å². The fourth-order valence-corrected chi connectivity index (χ4v) is 2.43. The van der Waals surface area contributed by atoms with Crippen LogP contribution in [0.1, 0.15) is 19.8 Å². The van der Waals surface area contributed by atoms with Gasteiger partial charge in [0.1, 0.15) is 0 Å². The minimum absolute atomic E-state index is 0.0509. The van der Waals surface area contributed by atoms with E-state index in [9.17, 15) is 4.79 Å². The summed E-state index contributed by atoms with van der Waals surface area (Å²) in [5.41, 5.74) is 6.59. The van der Waals surface area contributed by atoms with Gasteiger partial charge in [-0.1, -0.05) is 18.2 Å². The van der Waals surface area contributed by atoms with Gasteiger partial charge in [-0.2, -0.15) is 0 Å². The van der Waals surface area contributed by atoms with Crippen LogP contribution in [0, 0.1) is 5.92 Å². The molecule has 2 N–H and O–H groups in total. The molecule has 2 unspecified atom stereocenters. The highest BCUT2D eigenvalue weighted by Crippen LogP contribution is 2.27. The van der Waals surface area contributed by atoms with Gasteiger partial charge in [0.05, 0.1) is 0 Å². The molecule has 3 nitrogen and oxygen atoms in total. The molecule has 1 fully saturated rings. The Labute approximate surface area is 96.2 Å². The predicted molar refractivity (Wildman–Crippen MR) is 65.2 cm³/mol. The van der Waals surface area contributed by atoms with E-state index in [4.69, 9.17) is 5.73 Å². The number of hydrogen-bond donors (Lipinski definition) is 1. The second kappa shape index (κ2) is 4.56. The van der Waals surface area contributed by atoms with Crippen LogP contribution in [0.15, 0.2) is 30.3 Å². The number of rotatable bonds is 2. The first kappa shape index (κ1) is 11.0. The quantitative estimate of drug-likeness (QED) is 0.822. The summed E-state index contributed by atoms with van der Waals surface area (Å²) in [5.74, 6) is -0.102. The normalized spacial score (nSPS) is 25.4. The molecule has 1 amide bonds. The fourth-order valence-electron chi connectivity index (χ4n) is 2.43. The van der Waals surface area contributed by atoms with Gasteiger partial charge in [0, 0.05) is 24.2 Å². The lowest BCUT2D eigenvalue weighted by Crippen LogP contribution is -2.44. The van der Waals surface area contributed by atoms with Crippen molar-refractivity contribution < 1.29 is 4.79 Å². The highest BCUT2D eigenvalue weighted by Gasteiger charge is 2.28. The van der Waals surface area contributed by atoms with E-state index in [0.29, 0.717) is 6.04 Å². The van der Waals surface area contributed by atoms with Gasteiger partial charge in [-0.15, -0.1) is 0 Å². The first-order valence-electron chi connectivity index (χ1n) is 5.79. The molecule has 1 saturated heterocycles. The van der Waals surface area contributed by atoms with E-state index in [-0.39, 0.29) is 11.8 Å². The largest absolute Gasteiger partial charge is 0.369 e. The molecule has 0 aromatic heterocycles. The second-order valence-electron chi connectivity index (χ2n) is 4.50. The van der Waals surface area contributed by atoms with Crippen LogP contribution >= 0.6 is 0 Å². The summed E-state index contributed by atoms with van der Waals surface area (Å²) < 4.78 is 0. The lowest BCUT2D eigenvalue weighted by Gasteiger charge is -2.38. The van der Waals surface area contributed by atoms with Crippen molar-refractivity contribution in [2.75, 3.05) is 11.4 Å². The molecule has 0 radical (unpaired) electrons. The zero-order valence-corrected chi connectivity index (χ0v) is 9.60. The standard InChI is InChI=1S/C13H18N2O/c1-10-9-11(13(14)16)7-8-15(10)12-5-3-2-4-6-12/h2-6,10-11H,7-9H2,1H3,(H2,14,16). The van der Waals surface area contributed by atoms with E-state index in [2.05, 4.69) is 24.0 Å². The molecule has 0 saturated carbocycles. The molecule has 16 heavy (non-hydrogen) atoms. The summed E-state index contributed by atoms with van der Waals surface area (Å²) >= 11 is 0. The van der Waals surface area contributed by atoms with Crippen LogP contribution < -0.4 is 10.6 Å². The molecule has 1 aliphatic rings. The van der Waals surface area contributed by atoms with Gasteiger partial charge in [-0.05, 0) is 31.9 Å². The number of amides is 1. The summed E-state index contributed by atoms with van der Waals surface area (Å²) in [6, 6.07) is 10.7. The number of piperidine rings is 1. The molecule has 1 aromatic carbocycles. The predicted octanol–water partition coefficient (Wildman–Crippen LogP) is 1.78. The molecule has 2 atom stereocenters. The lowest BCUT2D eigenvalue weighted by atomic mass is 9.91. The second-order valence-corrected chi connectivity index (χ2v) is 4.50. The number of benzene rings is 1. The number of primary amides is 1. The Balaban J connectivity index is 2.08. The van der Waals surface area contributed by atoms with Crippen LogP contribution in [-0.2, 0) is 4.79 Å². The average Bonchev–Trinajstić information content (AvgIpc) is 2.30. The monoisotopic (exact) mass is 218 g/mol. The molecule has 1 heterocycles. The highest BCUT2D eigenvalue weighted by molar-refractivity contribution is 5.77. The SMILES string of the molecule is CC1CC(C(N)=O)CCN1c1ccccc1. The van der Waals surface area contributed by atoms with Crippen LogP contribution in [0.2, 0.25) is 0 Å². The number of anilines is 1. The zero-order chi connectivity index (χ0) is 11.5. The van der Waals surface area contributed by atoms with E-state index in [1.807, 2.05) is 18.2 Å². The zero-order valence-electron chi connectivity index (χ0n) is 9.60. The molecular formula is C13H18N2O. The van der Waals surface area contributed by atoms with Gasteiger partial charge < -0.3 is 10.6 Å². The number of para-hydroxylation sites is 1. The van der Waals surface area contributed by atoms with Gasteiger partial charge in [-0.25, -0.2) is 0 Å². The molecule has 1 aliphatic heterocycles. The van der Waals surface area contributed by atoms with Crippen molar-refractivity contribution >= 4 is 11.6 Å². The summed E-state index contributed by atoms with van der Waals surface area (Å²) in [6.07, 6.45) is 1.73. The first-order valence-corrected chi connectivity index (χ1v) is 5.79. The minimum Gasteiger partial charge on any atom is -0.369 e. The molecule has 1 aromatic rings. The molecule has 3 heteroatoms. The molecular weight excluding hydrogens is 200 g/mol. The van der Waals surface area contributed by atoms with E-state index < -0.39 is 0 Å². The van der Waals surface area contributed by atoms with E-state index >= 15 is 0 Å². The van der Waals surface area contributed by atoms with Crippen LogP contribution in [0.25, 0.3) is 0 Å². The number of carbonyl (C=O) groups excluding carboxylic acids is 1. The number of hydrogen-bond acceptors (Lipinski definition) is 2. The maximum atomic E-state index is 11.1. The van der Waals surface area contributed by atoms with Gasteiger partial charge in [0.25, 0.3) is 0 Å². The summed E-state index contributed by atoms with van der Waals surface area (Å²) in [6.45, 7) is 3.07. The Kier molecular flexibility index (Phi) is 3.13. The molecule has 0 aliphatic carbocycles. The van der Waals surface area contributed by atoms with Crippen molar-refractivity contribution in [3.05, 3.63) is 30.3 Å². The summed E-state index contributed by atoms with van der Waals surface area (Å²) in [7, 11) is 0. The Bertz CT molecular complexity index is 363. The van der Waals surface area contributed by atoms with Crippen molar-refractivity contribution in [2.45, 2.75) is 25.8 Å². The number of carbonyl (C=O) groups is 1. The van der Waals surface area contributed by atoms with Crippen molar-refractivity contribution in [3.63, 3.8) is 0 Å². The Hall–Kier alpha value is -1.51. The third-order valence-electron chi connectivity index (χ3n) is 3.37. The smallest absolute Gasteiger partial charge is 0.220 e. The number of nitrogens with two attached hydrogens (primary N) is 1. The van der Waals surface area contributed by atoms with E-state index in [1.165, 1.54) is 5.69 Å². The highest BCUT2D eigenvalue weighted by atomic mass is 16.1. The minimum atomic E-state index is -0.153. The maximum absolute atomic E-state index is 11.1. The number of nitrogens with zero attached hydrogens (tertiary/aromatic N) is 1. The third kappa shape index (κ3) is 2.18. The fraction of sp³-hybridized carbons (Fsp3) is 0.462. The van der Waals surface area contributed by atoms with Crippen molar-refractivity contribution in [2.24, 2.45) is 11.7 Å². The van der Waals surface area contributed by atoms with Crippen LogP contribution in [0.3, 0.4) is 0 Å². The average molecular weight is 218 g/mol. The summed E-state index contributed by atoms with van der Waals surface area (Å²) in [5, 5.41) is 0. The van der Waals surface area contributed by atoms with Crippen molar-refractivity contribution in [1.82, 2.24) is 0 Å². The molecule has 86 valence electrons. The maximum Gasteiger partial charge on any atom is 0.220 e. The Morgan fingerprint density at radius 1 is 1.38 bits per heavy atom. The van der Waals surface area contributed by atoms with Crippen molar-refractivity contribution in [3.8, 4) is 0 Å². The van der Waals surface area contributed by atoms with E-state index in [1.54, 1.807) is 0 Å². The Morgan fingerprint density at radius 2 is 2.06 bits per heavy atom. The topological polar surface area (TPSA) is 46.3 Å². The van der Waals surface area contributed by atoms with Gasteiger partial charge >= 0.3 is 0 Å². The molecule has 2 rings (SSSR count). The Morgan fingerprint density at radius 3 is 2.62 bits per heavy atom. The summed E-state index contributed by atoms with van der Waals surface area (Å²) in [4.78, 5) is 13.5. The van der Waals surface area contributed by atoms with E-state index in [0.717, 1.165) is 19.4 Å². The van der Waals surface area contributed by atoms with Crippen molar-refractivity contribution in [1.29, 1.82) is 0 Å².